The maximum absolute atomic E-state index is 2.47. The minimum absolute atomic E-state index is 1.14. The molecule has 0 unspecified atom stereocenters. The van der Waals surface area contributed by atoms with E-state index in [0.29, 0.717) is 0 Å². The van der Waals surface area contributed by atoms with Gasteiger partial charge in [0.15, 0.2) is 0 Å². The van der Waals surface area contributed by atoms with E-state index < -0.39 is 0 Å². The molecule has 0 amide bonds. The standard InChI is InChI=1S/C64H48N2S2/c1-41-19-11-13-31-57(41)65(59-33-17-29-55-53-27-15-25-51(61(53)67-63(55)59)45-21-7-5-8-22-45)47-35-37-49(43(3)39-47)50-38-36-48(40-44(50)4)66(58-32-14-12-20-42(58)2)60-34-18-30-56-54-28-16-26-52(62(54)68-64(56)60)46-23-9-6-10-24-46/h5-40H,1-4H3. The second-order valence-corrected chi connectivity index (χ2v) is 19.9. The zero-order valence-electron chi connectivity index (χ0n) is 38.5. The Morgan fingerprint density at radius 2 is 0.618 bits per heavy atom. The minimum Gasteiger partial charge on any atom is -0.309 e. The number of hydrogen-bond donors (Lipinski definition) is 0. The van der Waals surface area contributed by atoms with Gasteiger partial charge in [0.05, 0.1) is 20.8 Å². The molecule has 0 bridgehead atoms. The van der Waals surface area contributed by atoms with Crippen LogP contribution in [0.4, 0.5) is 34.1 Å². The summed E-state index contributed by atoms with van der Waals surface area (Å²) < 4.78 is 5.19. The van der Waals surface area contributed by atoms with Crippen LogP contribution in [-0.4, -0.2) is 0 Å². The number of anilines is 6. The van der Waals surface area contributed by atoms with Crippen LogP contribution in [0.3, 0.4) is 0 Å². The SMILES string of the molecule is Cc1cc(N(c2ccccc2C)c2cccc3c2sc2c(-c4ccccc4)cccc23)ccc1-c1ccc(N(c2ccccc2C)c2cccc3c2sc2c(-c4ccccc4)cccc23)cc1C. The lowest BCUT2D eigenvalue weighted by atomic mass is 9.95. The summed E-state index contributed by atoms with van der Waals surface area (Å²) in [7, 11) is 0. The Morgan fingerprint density at radius 3 is 1.01 bits per heavy atom. The molecule has 10 aromatic carbocycles. The Balaban J connectivity index is 0.965. The summed E-state index contributed by atoms with van der Waals surface area (Å²) in [5, 5.41) is 5.15. The third-order valence-electron chi connectivity index (χ3n) is 13.6. The molecule has 0 spiro atoms. The number of rotatable bonds is 9. The van der Waals surface area contributed by atoms with Crippen LogP contribution in [0.1, 0.15) is 22.3 Å². The van der Waals surface area contributed by atoms with Gasteiger partial charge in [-0.15, -0.1) is 22.7 Å². The summed E-state index contributed by atoms with van der Waals surface area (Å²) >= 11 is 3.79. The zero-order chi connectivity index (χ0) is 45.9. The fourth-order valence-corrected chi connectivity index (χ4v) is 13.0. The molecule has 0 N–H and O–H groups in total. The summed E-state index contributed by atoms with van der Waals surface area (Å²) in [6.45, 7) is 8.96. The van der Waals surface area contributed by atoms with Crippen molar-refractivity contribution in [2.75, 3.05) is 9.80 Å². The average Bonchev–Trinajstić information content (AvgIpc) is 3.96. The summed E-state index contributed by atoms with van der Waals surface area (Å²) in [5.41, 5.74) is 19.4. The molecule has 0 saturated heterocycles. The van der Waals surface area contributed by atoms with E-state index in [1.54, 1.807) is 0 Å². The van der Waals surface area contributed by atoms with Gasteiger partial charge in [-0.25, -0.2) is 0 Å². The average molecular weight is 909 g/mol. The molecular weight excluding hydrogens is 861 g/mol. The molecular formula is C64H48N2S2. The first-order valence-corrected chi connectivity index (χ1v) is 25.0. The summed E-state index contributed by atoms with van der Waals surface area (Å²) in [6, 6.07) is 80.2. The predicted molar refractivity (Wildman–Crippen MR) is 297 cm³/mol. The smallest absolute Gasteiger partial charge is 0.0640 e. The van der Waals surface area contributed by atoms with E-state index in [9.17, 15) is 0 Å². The van der Waals surface area contributed by atoms with E-state index in [-0.39, 0.29) is 0 Å². The number of thiophene rings is 2. The van der Waals surface area contributed by atoms with Crippen molar-refractivity contribution in [2.45, 2.75) is 27.7 Å². The van der Waals surface area contributed by atoms with Gasteiger partial charge < -0.3 is 9.80 Å². The van der Waals surface area contributed by atoms with E-state index in [2.05, 4.69) is 256 Å². The normalized spacial score (nSPS) is 11.5. The lowest BCUT2D eigenvalue weighted by Gasteiger charge is -2.29. The van der Waals surface area contributed by atoms with E-state index in [1.807, 2.05) is 22.7 Å². The monoisotopic (exact) mass is 908 g/mol. The van der Waals surface area contributed by atoms with Gasteiger partial charge in [0, 0.05) is 53.7 Å². The van der Waals surface area contributed by atoms with Crippen LogP contribution >= 0.6 is 22.7 Å². The predicted octanol–water partition coefficient (Wildman–Crippen LogP) is 19.6. The number of aryl methyl sites for hydroxylation is 4. The molecule has 2 aromatic heterocycles. The molecule has 4 heteroatoms. The van der Waals surface area contributed by atoms with Crippen LogP contribution in [0.15, 0.2) is 218 Å². The van der Waals surface area contributed by atoms with Crippen LogP contribution < -0.4 is 9.80 Å². The second-order valence-electron chi connectivity index (χ2n) is 17.9. The minimum atomic E-state index is 1.14. The van der Waals surface area contributed by atoms with E-state index in [0.717, 1.165) is 11.4 Å². The lowest BCUT2D eigenvalue weighted by molar-refractivity contribution is 1.25. The Bertz CT molecular complexity index is 3610. The zero-order valence-corrected chi connectivity index (χ0v) is 40.1. The lowest BCUT2D eigenvalue weighted by Crippen LogP contribution is -2.12. The maximum Gasteiger partial charge on any atom is 0.0640 e. The fourth-order valence-electron chi connectivity index (χ4n) is 10.3. The van der Waals surface area contributed by atoms with Crippen molar-refractivity contribution >= 4 is 97.1 Å². The molecule has 12 rings (SSSR count). The molecule has 0 atom stereocenters. The highest BCUT2D eigenvalue weighted by Crippen LogP contribution is 2.50. The molecule has 68 heavy (non-hydrogen) atoms. The molecule has 0 aliphatic heterocycles. The van der Waals surface area contributed by atoms with Crippen molar-refractivity contribution in [1.29, 1.82) is 0 Å². The molecule has 0 aliphatic carbocycles. The molecule has 12 aromatic rings. The highest BCUT2D eigenvalue weighted by molar-refractivity contribution is 7.27. The molecule has 0 radical (unpaired) electrons. The third kappa shape index (κ3) is 7.07. The first-order chi connectivity index (χ1) is 33.4. The number of nitrogens with zero attached hydrogens (tertiary/aromatic N) is 2. The number of hydrogen-bond acceptors (Lipinski definition) is 4. The van der Waals surface area contributed by atoms with Crippen LogP contribution in [0, 0.1) is 27.7 Å². The Morgan fingerprint density at radius 1 is 0.265 bits per heavy atom. The molecule has 0 fully saturated rings. The highest BCUT2D eigenvalue weighted by atomic mass is 32.1. The van der Waals surface area contributed by atoms with Gasteiger partial charge in [-0.05, 0) is 132 Å². The Labute approximate surface area is 406 Å². The first-order valence-electron chi connectivity index (χ1n) is 23.3. The number of benzene rings is 10. The summed E-state index contributed by atoms with van der Waals surface area (Å²) in [4.78, 5) is 4.94. The van der Waals surface area contributed by atoms with Crippen LogP contribution in [0.25, 0.3) is 73.7 Å². The van der Waals surface area contributed by atoms with Gasteiger partial charge in [0.2, 0.25) is 0 Å². The van der Waals surface area contributed by atoms with Gasteiger partial charge >= 0.3 is 0 Å². The van der Waals surface area contributed by atoms with Crippen molar-refractivity contribution in [2.24, 2.45) is 0 Å². The quantitative estimate of drug-likeness (QED) is 0.142. The van der Waals surface area contributed by atoms with E-state index >= 15 is 0 Å². The maximum atomic E-state index is 2.47. The summed E-state index contributed by atoms with van der Waals surface area (Å²) in [6.07, 6.45) is 0. The van der Waals surface area contributed by atoms with Crippen molar-refractivity contribution in [3.63, 3.8) is 0 Å². The van der Waals surface area contributed by atoms with Crippen LogP contribution in [0.5, 0.6) is 0 Å². The van der Waals surface area contributed by atoms with Gasteiger partial charge in [-0.1, -0.05) is 170 Å². The summed E-state index contributed by atoms with van der Waals surface area (Å²) in [5.74, 6) is 0. The largest absolute Gasteiger partial charge is 0.309 e. The van der Waals surface area contributed by atoms with Crippen LogP contribution in [0.2, 0.25) is 0 Å². The van der Waals surface area contributed by atoms with Gasteiger partial charge in [-0.2, -0.15) is 0 Å². The Hall–Kier alpha value is -7.76. The molecule has 2 nitrogen and oxygen atoms in total. The molecule has 0 aliphatic rings. The highest BCUT2D eigenvalue weighted by Gasteiger charge is 2.24. The van der Waals surface area contributed by atoms with Gasteiger partial charge in [0.1, 0.15) is 0 Å². The van der Waals surface area contributed by atoms with Crippen molar-refractivity contribution in [3.8, 4) is 33.4 Å². The Kier molecular flexibility index (Phi) is 10.5. The van der Waals surface area contributed by atoms with Crippen LogP contribution in [-0.2, 0) is 0 Å². The van der Waals surface area contributed by atoms with E-state index in [4.69, 9.17) is 0 Å². The first kappa shape index (κ1) is 41.7. The second kappa shape index (κ2) is 17.2. The third-order valence-corrected chi connectivity index (χ3v) is 16.2. The molecule has 2 heterocycles. The van der Waals surface area contributed by atoms with Crippen molar-refractivity contribution in [3.05, 3.63) is 241 Å². The number of fused-ring (bicyclic) bond motifs is 6. The molecule has 326 valence electrons. The topological polar surface area (TPSA) is 6.48 Å². The van der Waals surface area contributed by atoms with E-state index in [1.165, 1.54) is 119 Å². The van der Waals surface area contributed by atoms with Gasteiger partial charge in [-0.3, -0.25) is 0 Å². The van der Waals surface area contributed by atoms with Crippen molar-refractivity contribution < 1.29 is 0 Å². The molecule has 0 saturated carbocycles. The fraction of sp³-hybridized carbons (Fsp3) is 0.0625. The number of para-hydroxylation sites is 2. The van der Waals surface area contributed by atoms with Gasteiger partial charge in [0.25, 0.3) is 0 Å². The van der Waals surface area contributed by atoms with Crippen molar-refractivity contribution in [1.82, 2.24) is 0 Å².